The van der Waals surface area contributed by atoms with Gasteiger partial charge in [-0.3, -0.25) is 0 Å². The van der Waals surface area contributed by atoms with Crippen molar-refractivity contribution in [1.29, 1.82) is 0 Å². The van der Waals surface area contributed by atoms with Crippen LogP contribution in [0.15, 0.2) is 41.8 Å². The molecule has 2 aromatic rings. The highest BCUT2D eigenvalue weighted by Gasteiger charge is 2.15. The highest BCUT2D eigenvalue weighted by atomic mass is 35.5. The van der Waals surface area contributed by atoms with E-state index >= 15 is 0 Å². The Bertz CT molecular complexity index is 579. The first-order valence-corrected chi connectivity index (χ1v) is 7.62. The topological polar surface area (TPSA) is 47.4 Å². The fourth-order valence-corrected chi connectivity index (χ4v) is 2.43. The van der Waals surface area contributed by atoms with Gasteiger partial charge in [0.15, 0.2) is 0 Å². The van der Waals surface area contributed by atoms with Crippen molar-refractivity contribution in [2.45, 2.75) is 19.8 Å². The van der Waals surface area contributed by atoms with Gasteiger partial charge >= 0.3 is 0 Å². The molecule has 2 rings (SSSR count). The van der Waals surface area contributed by atoms with Crippen molar-refractivity contribution in [3.8, 4) is 0 Å². The monoisotopic (exact) mass is 337 g/mol. The van der Waals surface area contributed by atoms with Gasteiger partial charge in [-0.1, -0.05) is 40.5 Å². The minimum atomic E-state index is 0.186. The normalized spacial score (nSPS) is 11.8. The second-order valence-electron chi connectivity index (χ2n) is 5.00. The Morgan fingerprint density at radius 2 is 1.55 bits per heavy atom. The van der Waals surface area contributed by atoms with Crippen molar-refractivity contribution >= 4 is 28.9 Å². The molecule has 0 radical (unpaired) electrons. The van der Waals surface area contributed by atoms with E-state index < -0.39 is 0 Å². The molecule has 2 aromatic heterocycles. The lowest BCUT2D eigenvalue weighted by molar-refractivity contribution is 0.210. The molecule has 0 unspecified atom stereocenters. The average Bonchev–Trinajstić information content (AvgIpc) is 2.51. The molecule has 116 valence electrons. The van der Waals surface area contributed by atoms with Crippen molar-refractivity contribution in [2.24, 2.45) is 11.1 Å². The SMILES string of the molecule is CON=C(C)C(Cc1ccc(Cl)nc1)Cc1ccc(Cl)nc1. The molecule has 0 aliphatic rings. The molecule has 0 bridgehead atoms. The lowest BCUT2D eigenvalue weighted by Gasteiger charge is -2.16. The van der Waals surface area contributed by atoms with Crippen LogP contribution in [0.1, 0.15) is 18.1 Å². The van der Waals surface area contributed by atoms with Gasteiger partial charge in [0, 0.05) is 18.3 Å². The lowest BCUT2D eigenvalue weighted by atomic mass is 9.90. The molecule has 0 saturated heterocycles. The predicted molar refractivity (Wildman–Crippen MR) is 89.5 cm³/mol. The van der Waals surface area contributed by atoms with Gasteiger partial charge in [-0.05, 0) is 43.0 Å². The molecule has 0 atom stereocenters. The van der Waals surface area contributed by atoms with E-state index in [4.69, 9.17) is 28.0 Å². The second-order valence-corrected chi connectivity index (χ2v) is 5.77. The molecule has 22 heavy (non-hydrogen) atoms. The zero-order valence-electron chi connectivity index (χ0n) is 12.5. The molecule has 0 spiro atoms. The number of oxime groups is 1. The molecule has 0 N–H and O–H groups in total. The van der Waals surface area contributed by atoms with Crippen LogP contribution in [0, 0.1) is 5.92 Å². The van der Waals surface area contributed by atoms with Crippen molar-refractivity contribution in [3.05, 3.63) is 58.1 Å². The van der Waals surface area contributed by atoms with Crippen LogP contribution < -0.4 is 0 Å². The summed E-state index contributed by atoms with van der Waals surface area (Å²) in [5, 5.41) is 5.06. The number of hydrogen-bond donors (Lipinski definition) is 0. The first-order chi connectivity index (χ1) is 10.6. The standard InChI is InChI=1S/C16H17Cl2N3O/c1-11(21-22-2)14(7-12-3-5-15(17)19-9-12)8-13-4-6-16(18)20-10-13/h3-6,9-10,14H,7-8H2,1-2H3. The quantitative estimate of drug-likeness (QED) is 0.450. The lowest BCUT2D eigenvalue weighted by Crippen LogP contribution is -2.18. The first-order valence-electron chi connectivity index (χ1n) is 6.87. The van der Waals surface area contributed by atoms with E-state index in [2.05, 4.69) is 15.1 Å². The average molecular weight is 338 g/mol. The summed E-state index contributed by atoms with van der Waals surface area (Å²) in [5.41, 5.74) is 3.12. The summed E-state index contributed by atoms with van der Waals surface area (Å²) in [7, 11) is 1.55. The Balaban J connectivity index is 2.17. The van der Waals surface area contributed by atoms with E-state index in [0.717, 1.165) is 29.7 Å². The summed E-state index contributed by atoms with van der Waals surface area (Å²) in [6.07, 6.45) is 5.17. The van der Waals surface area contributed by atoms with Crippen LogP contribution in [0.4, 0.5) is 0 Å². The predicted octanol–water partition coefficient (Wildman–Crippen LogP) is 4.21. The number of halogens is 2. The maximum absolute atomic E-state index is 5.83. The van der Waals surface area contributed by atoms with E-state index in [9.17, 15) is 0 Å². The van der Waals surface area contributed by atoms with Crippen LogP contribution in [0.2, 0.25) is 10.3 Å². The van der Waals surface area contributed by atoms with E-state index in [-0.39, 0.29) is 5.92 Å². The largest absolute Gasteiger partial charge is 0.399 e. The van der Waals surface area contributed by atoms with E-state index in [0.29, 0.717) is 10.3 Å². The summed E-state index contributed by atoms with van der Waals surface area (Å²) < 4.78 is 0. The Kier molecular flexibility index (Phi) is 6.16. The third-order valence-corrected chi connectivity index (χ3v) is 3.81. The first kappa shape index (κ1) is 16.7. The fourth-order valence-electron chi connectivity index (χ4n) is 2.21. The summed E-state index contributed by atoms with van der Waals surface area (Å²) in [6, 6.07) is 7.53. The van der Waals surface area contributed by atoms with Crippen molar-refractivity contribution < 1.29 is 4.84 Å². The highest BCUT2D eigenvalue weighted by molar-refractivity contribution is 6.29. The summed E-state index contributed by atoms with van der Waals surface area (Å²) in [5.74, 6) is 0.186. The molecule has 0 aliphatic carbocycles. The van der Waals surface area contributed by atoms with Gasteiger partial charge in [-0.2, -0.15) is 0 Å². The van der Waals surface area contributed by atoms with Crippen LogP contribution in [0.5, 0.6) is 0 Å². The molecule has 6 heteroatoms. The van der Waals surface area contributed by atoms with Gasteiger partial charge in [-0.15, -0.1) is 0 Å². The molecule has 0 fully saturated rings. The van der Waals surface area contributed by atoms with Crippen molar-refractivity contribution in [3.63, 3.8) is 0 Å². The van der Waals surface area contributed by atoms with Gasteiger partial charge in [-0.25, -0.2) is 9.97 Å². The molecular weight excluding hydrogens is 321 g/mol. The number of rotatable bonds is 6. The number of hydrogen-bond acceptors (Lipinski definition) is 4. The van der Waals surface area contributed by atoms with Crippen LogP contribution in [-0.4, -0.2) is 22.8 Å². The van der Waals surface area contributed by atoms with Gasteiger partial charge < -0.3 is 4.84 Å². The molecule has 0 saturated carbocycles. The van der Waals surface area contributed by atoms with Crippen LogP contribution >= 0.6 is 23.2 Å². The zero-order chi connectivity index (χ0) is 15.9. The minimum absolute atomic E-state index is 0.186. The van der Waals surface area contributed by atoms with Crippen LogP contribution in [0.25, 0.3) is 0 Å². The zero-order valence-corrected chi connectivity index (χ0v) is 14.0. The highest BCUT2D eigenvalue weighted by Crippen LogP contribution is 2.18. The molecular formula is C16H17Cl2N3O. The number of pyridine rings is 2. The summed E-state index contributed by atoms with van der Waals surface area (Å²) in [6.45, 7) is 1.96. The third-order valence-electron chi connectivity index (χ3n) is 3.37. The Morgan fingerprint density at radius 3 is 1.91 bits per heavy atom. The van der Waals surface area contributed by atoms with E-state index in [1.165, 1.54) is 0 Å². The third kappa shape index (κ3) is 4.97. The van der Waals surface area contributed by atoms with Gasteiger partial charge in [0.05, 0.1) is 5.71 Å². The van der Waals surface area contributed by atoms with E-state index in [1.54, 1.807) is 31.6 Å². The van der Waals surface area contributed by atoms with Gasteiger partial charge in [0.1, 0.15) is 17.4 Å². The number of nitrogens with zero attached hydrogens (tertiary/aromatic N) is 3. The maximum Gasteiger partial charge on any atom is 0.129 e. The summed E-state index contributed by atoms with van der Waals surface area (Å²) in [4.78, 5) is 13.2. The van der Waals surface area contributed by atoms with Gasteiger partial charge in [0.2, 0.25) is 0 Å². The minimum Gasteiger partial charge on any atom is -0.399 e. The molecule has 2 heterocycles. The smallest absolute Gasteiger partial charge is 0.129 e. The molecule has 0 aliphatic heterocycles. The molecule has 0 amide bonds. The molecule has 0 aromatic carbocycles. The second kappa shape index (κ2) is 8.11. The fraction of sp³-hybridized carbons (Fsp3) is 0.312. The summed E-state index contributed by atoms with van der Waals surface area (Å²) >= 11 is 11.7. The van der Waals surface area contributed by atoms with Crippen molar-refractivity contribution in [2.75, 3.05) is 7.11 Å². The Morgan fingerprint density at radius 1 is 1.05 bits per heavy atom. The number of aromatic nitrogens is 2. The van der Waals surface area contributed by atoms with E-state index in [1.807, 2.05) is 19.1 Å². The Hall–Kier alpha value is -1.65. The van der Waals surface area contributed by atoms with Crippen molar-refractivity contribution in [1.82, 2.24) is 9.97 Å². The van der Waals surface area contributed by atoms with Gasteiger partial charge in [0.25, 0.3) is 0 Å². The van der Waals surface area contributed by atoms with Crippen LogP contribution in [-0.2, 0) is 17.7 Å². The van der Waals surface area contributed by atoms with Crippen LogP contribution in [0.3, 0.4) is 0 Å². The maximum atomic E-state index is 5.83. The Labute approximate surface area is 140 Å². The molecule has 4 nitrogen and oxygen atoms in total.